The normalized spacial score (nSPS) is 12.8. The highest BCUT2D eigenvalue weighted by Crippen LogP contribution is 2.18. The van der Waals surface area contributed by atoms with Gasteiger partial charge in [-0.2, -0.15) is 0 Å². The maximum Gasteiger partial charge on any atom is 0.0850 e. The van der Waals surface area contributed by atoms with Gasteiger partial charge in [-0.1, -0.05) is 90.9 Å². The number of hydrogen-bond acceptors (Lipinski definition) is 0. The molecule has 0 saturated carbocycles. The minimum Gasteiger partial charge on any atom is -0.236 e. The predicted molar refractivity (Wildman–Crippen MR) is 85.0 cm³/mol. The first kappa shape index (κ1) is 19.0. The quantitative estimate of drug-likeness (QED) is 0.301. The molecule has 0 N–H and O–H groups in total. The van der Waals surface area contributed by atoms with E-state index in [2.05, 4.69) is 13.8 Å². The van der Waals surface area contributed by atoms with Gasteiger partial charge in [0.15, 0.2) is 0 Å². The maximum absolute atomic E-state index is 11.1. The minimum atomic E-state index is 0.155. The molecule has 0 saturated heterocycles. The van der Waals surface area contributed by atoms with Crippen molar-refractivity contribution in [2.24, 2.45) is 5.92 Å². The molecular formula is C18H37O. The summed E-state index contributed by atoms with van der Waals surface area (Å²) < 4.78 is 0. The smallest absolute Gasteiger partial charge is 0.0850 e. The first-order chi connectivity index (χ1) is 9.35. The molecule has 0 rings (SSSR count). The highest BCUT2D eigenvalue weighted by atomic mass is 16.3. The van der Waals surface area contributed by atoms with Crippen LogP contribution < -0.4 is 0 Å². The first-order valence-electron chi connectivity index (χ1n) is 8.93. The minimum absolute atomic E-state index is 0.155. The second-order valence-corrected chi connectivity index (χ2v) is 6.15. The lowest BCUT2D eigenvalue weighted by atomic mass is 9.95. The summed E-state index contributed by atoms with van der Waals surface area (Å²) in [7, 11) is 0. The average Bonchev–Trinajstić information content (AvgIpc) is 2.44. The second kappa shape index (κ2) is 16.0. The van der Waals surface area contributed by atoms with Gasteiger partial charge in [0.05, 0.1) is 6.61 Å². The standard InChI is InChI=1S/C18H37O/c1-3-5-7-9-10-11-12-14-16-18(17-19)15-13-8-6-4-2/h18H,3-17H2,1-2H3. The second-order valence-electron chi connectivity index (χ2n) is 6.15. The van der Waals surface area contributed by atoms with Gasteiger partial charge in [0, 0.05) is 0 Å². The van der Waals surface area contributed by atoms with Crippen molar-refractivity contribution < 1.29 is 5.11 Å². The van der Waals surface area contributed by atoms with E-state index in [0.717, 1.165) is 0 Å². The van der Waals surface area contributed by atoms with Crippen molar-refractivity contribution in [3.05, 3.63) is 0 Å². The van der Waals surface area contributed by atoms with Crippen LogP contribution in [0.3, 0.4) is 0 Å². The van der Waals surface area contributed by atoms with E-state index in [-0.39, 0.29) is 6.61 Å². The van der Waals surface area contributed by atoms with Gasteiger partial charge in [0.1, 0.15) is 0 Å². The van der Waals surface area contributed by atoms with Crippen molar-refractivity contribution in [3.63, 3.8) is 0 Å². The van der Waals surface area contributed by atoms with Crippen molar-refractivity contribution >= 4 is 0 Å². The molecule has 19 heavy (non-hydrogen) atoms. The van der Waals surface area contributed by atoms with Gasteiger partial charge in [-0.25, -0.2) is 5.11 Å². The van der Waals surface area contributed by atoms with Gasteiger partial charge < -0.3 is 0 Å². The van der Waals surface area contributed by atoms with Gasteiger partial charge in [-0.05, 0) is 18.8 Å². The fourth-order valence-electron chi connectivity index (χ4n) is 2.74. The molecule has 1 nitrogen and oxygen atoms in total. The van der Waals surface area contributed by atoms with Gasteiger partial charge in [-0.15, -0.1) is 0 Å². The van der Waals surface area contributed by atoms with E-state index in [0.29, 0.717) is 5.92 Å². The van der Waals surface area contributed by atoms with Crippen molar-refractivity contribution in [1.82, 2.24) is 0 Å². The van der Waals surface area contributed by atoms with Gasteiger partial charge in [0.25, 0.3) is 0 Å². The van der Waals surface area contributed by atoms with E-state index in [4.69, 9.17) is 0 Å². The van der Waals surface area contributed by atoms with Gasteiger partial charge >= 0.3 is 0 Å². The van der Waals surface area contributed by atoms with E-state index in [9.17, 15) is 5.11 Å². The molecule has 0 aromatic heterocycles. The Hall–Kier alpha value is -0.0400. The Bertz CT molecular complexity index is 156. The molecule has 1 radical (unpaired) electrons. The summed E-state index contributed by atoms with van der Waals surface area (Å²) in [5.74, 6) is 0.469. The summed E-state index contributed by atoms with van der Waals surface area (Å²) >= 11 is 0. The molecule has 0 aliphatic carbocycles. The lowest BCUT2D eigenvalue weighted by Crippen LogP contribution is -2.05. The highest BCUT2D eigenvalue weighted by Gasteiger charge is 2.07. The number of unbranched alkanes of at least 4 members (excludes halogenated alkanes) is 10. The SMILES string of the molecule is CCCCCCCCCCC(C[O])CCCCCC. The fraction of sp³-hybridized carbons (Fsp3) is 1.00. The van der Waals surface area contributed by atoms with E-state index >= 15 is 0 Å². The van der Waals surface area contributed by atoms with E-state index < -0.39 is 0 Å². The molecule has 0 heterocycles. The Morgan fingerprint density at radius 2 is 0.947 bits per heavy atom. The summed E-state index contributed by atoms with van der Waals surface area (Å²) in [5.41, 5.74) is 0. The summed E-state index contributed by atoms with van der Waals surface area (Å²) in [6, 6.07) is 0. The van der Waals surface area contributed by atoms with Crippen LogP contribution in [0.15, 0.2) is 0 Å². The fourth-order valence-corrected chi connectivity index (χ4v) is 2.74. The molecule has 0 aromatic rings. The monoisotopic (exact) mass is 269 g/mol. The largest absolute Gasteiger partial charge is 0.236 e. The lowest BCUT2D eigenvalue weighted by molar-refractivity contribution is 0.130. The summed E-state index contributed by atoms with van der Waals surface area (Å²) in [4.78, 5) is 0. The Kier molecular flexibility index (Phi) is 16.0. The molecule has 0 aliphatic rings. The maximum atomic E-state index is 11.1. The molecule has 0 spiro atoms. The van der Waals surface area contributed by atoms with Crippen LogP contribution in [-0.2, 0) is 5.11 Å². The van der Waals surface area contributed by atoms with E-state index in [1.807, 2.05) is 0 Å². The predicted octanol–water partition coefficient (Wildman–Crippen LogP) is 6.53. The molecule has 1 unspecified atom stereocenters. The molecule has 1 heteroatoms. The van der Waals surface area contributed by atoms with Crippen molar-refractivity contribution in [2.75, 3.05) is 6.61 Å². The Morgan fingerprint density at radius 1 is 0.579 bits per heavy atom. The molecule has 1 atom stereocenters. The zero-order chi connectivity index (χ0) is 14.2. The highest BCUT2D eigenvalue weighted by molar-refractivity contribution is 4.59. The lowest BCUT2D eigenvalue weighted by Gasteiger charge is -2.12. The van der Waals surface area contributed by atoms with Crippen LogP contribution in [0.5, 0.6) is 0 Å². The third kappa shape index (κ3) is 14.2. The molecule has 115 valence electrons. The number of rotatable bonds is 15. The van der Waals surface area contributed by atoms with Crippen LogP contribution in [0.1, 0.15) is 104 Å². The van der Waals surface area contributed by atoms with Crippen molar-refractivity contribution in [3.8, 4) is 0 Å². The zero-order valence-corrected chi connectivity index (χ0v) is 13.6. The van der Waals surface area contributed by atoms with Crippen LogP contribution in [-0.4, -0.2) is 6.61 Å². The van der Waals surface area contributed by atoms with Crippen LogP contribution in [0.4, 0.5) is 0 Å². The first-order valence-corrected chi connectivity index (χ1v) is 8.93. The molecule has 0 aromatic carbocycles. The van der Waals surface area contributed by atoms with Gasteiger partial charge in [0.2, 0.25) is 0 Å². The molecular weight excluding hydrogens is 232 g/mol. The summed E-state index contributed by atoms with van der Waals surface area (Å²) in [6.07, 6.45) is 18.6. The van der Waals surface area contributed by atoms with Crippen molar-refractivity contribution in [2.45, 2.75) is 104 Å². The number of hydrogen-bond donors (Lipinski definition) is 0. The van der Waals surface area contributed by atoms with Crippen molar-refractivity contribution in [1.29, 1.82) is 0 Å². The zero-order valence-electron chi connectivity index (χ0n) is 13.6. The summed E-state index contributed by atoms with van der Waals surface area (Å²) in [5, 5.41) is 11.1. The van der Waals surface area contributed by atoms with Crippen LogP contribution in [0.25, 0.3) is 0 Å². The van der Waals surface area contributed by atoms with Crippen LogP contribution in [0, 0.1) is 5.92 Å². The third-order valence-corrected chi connectivity index (χ3v) is 4.17. The van der Waals surface area contributed by atoms with Crippen LogP contribution in [0.2, 0.25) is 0 Å². The molecule has 0 aliphatic heterocycles. The molecule has 0 amide bonds. The molecule has 0 fully saturated rings. The Balaban J connectivity index is 3.26. The third-order valence-electron chi connectivity index (χ3n) is 4.17. The summed E-state index contributed by atoms with van der Waals surface area (Å²) in [6.45, 7) is 4.66. The Morgan fingerprint density at radius 3 is 1.37 bits per heavy atom. The van der Waals surface area contributed by atoms with Crippen LogP contribution >= 0.6 is 0 Å². The topological polar surface area (TPSA) is 19.9 Å². The molecule has 0 bridgehead atoms. The van der Waals surface area contributed by atoms with Gasteiger partial charge in [-0.3, -0.25) is 0 Å². The average molecular weight is 269 g/mol. The Labute approximate surface area is 122 Å². The van der Waals surface area contributed by atoms with E-state index in [1.165, 1.54) is 89.9 Å². The van der Waals surface area contributed by atoms with E-state index in [1.54, 1.807) is 0 Å².